The average Bonchev–Trinajstić information content (AvgIpc) is 2.59. The normalized spacial score (nSPS) is 12.8. The molecule has 0 spiro atoms. The predicted molar refractivity (Wildman–Crippen MR) is 64.2 cm³/mol. The van der Waals surface area contributed by atoms with E-state index >= 15 is 0 Å². The van der Waals surface area contributed by atoms with Crippen LogP contribution in [0.25, 0.3) is 0 Å². The van der Waals surface area contributed by atoms with Gasteiger partial charge < -0.3 is 5.11 Å². The number of rotatable bonds is 2. The second-order valence-corrected chi connectivity index (χ2v) is 4.53. The Morgan fingerprint density at radius 1 is 1.38 bits per heavy atom. The third-order valence-electron chi connectivity index (χ3n) is 2.27. The zero-order chi connectivity index (χ0) is 11.7. The van der Waals surface area contributed by atoms with Crippen LogP contribution in [-0.4, -0.2) is 20.1 Å². The molecular weight excluding hydrogens is 293 g/mol. The van der Waals surface area contributed by atoms with Crippen LogP contribution in [0, 0.1) is 0 Å². The summed E-state index contributed by atoms with van der Waals surface area (Å²) in [5, 5.41) is 18.4. The lowest BCUT2D eigenvalue weighted by molar-refractivity contribution is 0.209. The van der Waals surface area contributed by atoms with Gasteiger partial charge in [0.15, 0.2) is 4.60 Å². The van der Waals surface area contributed by atoms with Crippen LogP contribution in [0.4, 0.5) is 0 Å². The number of aliphatic hydroxyl groups is 1. The molecular formula is C10H9BrClN3O. The van der Waals surface area contributed by atoms with Gasteiger partial charge in [0.25, 0.3) is 0 Å². The molecule has 1 N–H and O–H groups in total. The van der Waals surface area contributed by atoms with E-state index in [-0.39, 0.29) is 0 Å². The van der Waals surface area contributed by atoms with Crippen LogP contribution in [0.15, 0.2) is 28.9 Å². The van der Waals surface area contributed by atoms with Crippen molar-refractivity contribution in [3.8, 4) is 0 Å². The highest BCUT2D eigenvalue weighted by molar-refractivity contribution is 9.10. The van der Waals surface area contributed by atoms with Crippen LogP contribution < -0.4 is 0 Å². The first kappa shape index (κ1) is 11.6. The molecule has 0 saturated carbocycles. The molecule has 1 heterocycles. The van der Waals surface area contributed by atoms with E-state index in [0.29, 0.717) is 15.3 Å². The Hall–Kier alpha value is -0.910. The van der Waals surface area contributed by atoms with Crippen LogP contribution in [0.1, 0.15) is 17.4 Å². The molecule has 0 fully saturated rings. The van der Waals surface area contributed by atoms with Gasteiger partial charge in [-0.2, -0.15) is 0 Å². The highest BCUT2D eigenvalue weighted by Gasteiger charge is 2.19. The Kier molecular flexibility index (Phi) is 3.28. The third-order valence-corrected chi connectivity index (χ3v) is 3.09. The zero-order valence-corrected chi connectivity index (χ0v) is 10.8. The van der Waals surface area contributed by atoms with Crippen LogP contribution in [0.3, 0.4) is 0 Å². The van der Waals surface area contributed by atoms with Gasteiger partial charge >= 0.3 is 0 Å². The van der Waals surface area contributed by atoms with E-state index < -0.39 is 6.10 Å². The molecule has 0 saturated heterocycles. The van der Waals surface area contributed by atoms with Gasteiger partial charge in [-0.05, 0) is 33.6 Å². The topological polar surface area (TPSA) is 50.9 Å². The van der Waals surface area contributed by atoms with Crippen molar-refractivity contribution in [1.82, 2.24) is 15.0 Å². The molecule has 1 unspecified atom stereocenters. The van der Waals surface area contributed by atoms with Gasteiger partial charge in [0.1, 0.15) is 11.8 Å². The number of halogens is 2. The smallest absolute Gasteiger partial charge is 0.154 e. The molecule has 0 radical (unpaired) electrons. The molecule has 6 heteroatoms. The standard InChI is InChI=1S/C10H9BrClN3O/c1-15-8(10(11)13-14-15)9(16)6-2-4-7(12)5-3-6/h2-5,9,16H,1H3. The first-order valence-electron chi connectivity index (χ1n) is 4.58. The number of benzene rings is 1. The summed E-state index contributed by atoms with van der Waals surface area (Å²) < 4.78 is 2.07. The number of aliphatic hydroxyl groups excluding tert-OH is 1. The second kappa shape index (κ2) is 4.53. The monoisotopic (exact) mass is 301 g/mol. The van der Waals surface area contributed by atoms with E-state index in [1.165, 1.54) is 4.68 Å². The van der Waals surface area contributed by atoms with Crippen LogP contribution in [0.2, 0.25) is 5.02 Å². The number of hydrogen-bond acceptors (Lipinski definition) is 3. The quantitative estimate of drug-likeness (QED) is 0.926. The van der Waals surface area contributed by atoms with Crippen molar-refractivity contribution < 1.29 is 5.11 Å². The number of aryl methyl sites for hydroxylation is 1. The third kappa shape index (κ3) is 2.11. The van der Waals surface area contributed by atoms with Crippen molar-refractivity contribution in [2.24, 2.45) is 7.05 Å². The summed E-state index contributed by atoms with van der Waals surface area (Å²) in [7, 11) is 1.73. The lowest BCUT2D eigenvalue weighted by Crippen LogP contribution is -2.07. The largest absolute Gasteiger partial charge is 0.382 e. The lowest BCUT2D eigenvalue weighted by atomic mass is 10.1. The van der Waals surface area contributed by atoms with Gasteiger partial charge in [0, 0.05) is 12.1 Å². The van der Waals surface area contributed by atoms with Gasteiger partial charge in [-0.1, -0.05) is 28.9 Å². The minimum absolute atomic E-state index is 0.539. The van der Waals surface area contributed by atoms with Crippen LogP contribution in [-0.2, 0) is 7.05 Å². The van der Waals surface area contributed by atoms with E-state index in [9.17, 15) is 5.11 Å². The molecule has 16 heavy (non-hydrogen) atoms. The van der Waals surface area contributed by atoms with Crippen molar-refractivity contribution >= 4 is 27.5 Å². The Morgan fingerprint density at radius 2 is 2.00 bits per heavy atom. The van der Waals surface area contributed by atoms with Crippen molar-refractivity contribution in [3.63, 3.8) is 0 Å². The molecule has 0 aliphatic rings. The number of aromatic nitrogens is 3. The fourth-order valence-electron chi connectivity index (χ4n) is 1.43. The second-order valence-electron chi connectivity index (χ2n) is 3.34. The van der Waals surface area contributed by atoms with Gasteiger partial charge in [-0.3, -0.25) is 0 Å². The molecule has 0 aliphatic carbocycles. The maximum atomic E-state index is 10.2. The van der Waals surface area contributed by atoms with Crippen molar-refractivity contribution in [2.75, 3.05) is 0 Å². The summed E-state index contributed by atoms with van der Waals surface area (Å²) in [6, 6.07) is 7.01. The van der Waals surface area contributed by atoms with Gasteiger partial charge in [0.2, 0.25) is 0 Å². The first-order chi connectivity index (χ1) is 7.59. The number of hydrogen-bond donors (Lipinski definition) is 1. The first-order valence-corrected chi connectivity index (χ1v) is 5.75. The van der Waals surface area contributed by atoms with E-state index in [1.54, 1.807) is 31.3 Å². The van der Waals surface area contributed by atoms with Gasteiger partial charge in [0.05, 0.1) is 0 Å². The van der Waals surface area contributed by atoms with Crippen LogP contribution >= 0.6 is 27.5 Å². The van der Waals surface area contributed by atoms with Crippen LogP contribution in [0.5, 0.6) is 0 Å². The Balaban J connectivity index is 2.39. The molecule has 2 rings (SSSR count). The summed E-state index contributed by atoms with van der Waals surface area (Å²) in [4.78, 5) is 0. The maximum Gasteiger partial charge on any atom is 0.154 e. The fraction of sp³-hybridized carbons (Fsp3) is 0.200. The van der Waals surface area contributed by atoms with E-state index in [1.807, 2.05) is 0 Å². The van der Waals surface area contributed by atoms with Gasteiger partial charge in [-0.25, -0.2) is 4.68 Å². The molecule has 1 atom stereocenters. The Morgan fingerprint density at radius 3 is 2.50 bits per heavy atom. The SMILES string of the molecule is Cn1nnc(Br)c1C(O)c1ccc(Cl)cc1. The molecule has 84 valence electrons. The van der Waals surface area contributed by atoms with E-state index in [0.717, 1.165) is 5.56 Å². The molecule has 0 bridgehead atoms. The Bertz CT molecular complexity index is 478. The minimum atomic E-state index is -0.772. The van der Waals surface area contributed by atoms with Gasteiger partial charge in [-0.15, -0.1) is 5.10 Å². The summed E-state index contributed by atoms with van der Waals surface area (Å²) in [5.41, 5.74) is 1.36. The molecule has 4 nitrogen and oxygen atoms in total. The van der Waals surface area contributed by atoms with Crippen molar-refractivity contribution in [1.29, 1.82) is 0 Å². The zero-order valence-electron chi connectivity index (χ0n) is 8.43. The molecule has 2 aromatic rings. The molecule has 0 amide bonds. The lowest BCUT2D eigenvalue weighted by Gasteiger charge is -2.11. The van der Waals surface area contributed by atoms with E-state index in [4.69, 9.17) is 11.6 Å². The molecule has 0 aliphatic heterocycles. The highest BCUT2D eigenvalue weighted by atomic mass is 79.9. The minimum Gasteiger partial charge on any atom is -0.382 e. The average molecular weight is 303 g/mol. The fourth-order valence-corrected chi connectivity index (χ4v) is 2.10. The van der Waals surface area contributed by atoms with Crippen molar-refractivity contribution in [2.45, 2.75) is 6.10 Å². The Labute approximate surface area is 106 Å². The maximum absolute atomic E-state index is 10.2. The summed E-state index contributed by atoms with van der Waals surface area (Å²) in [5.74, 6) is 0. The predicted octanol–water partition coefficient (Wildman–Crippen LogP) is 2.31. The van der Waals surface area contributed by atoms with Crippen molar-refractivity contribution in [3.05, 3.63) is 45.1 Å². The summed E-state index contributed by atoms with van der Waals surface area (Å²) in [6.45, 7) is 0. The highest BCUT2D eigenvalue weighted by Crippen LogP contribution is 2.27. The summed E-state index contributed by atoms with van der Waals surface area (Å²) >= 11 is 9.03. The molecule has 1 aromatic carbocycles. The molecule has 1 aromatic heterocycles. The van der Waals surface area contributed by atoms with E-state index in [2.05, 4.69) is 26.2 Å². The number of nitrogens with zero attached hydrogens (tertiary/aromatic N) is 3. The summed E-state index contributed by atoms with van der Waals surface area (Å²) in [6.07, 6.45) is -0.772.